The highest BCUT2D eigenvalue weighted by atomic mass is 35.5. The van der Waals surface area contributed by atoms with Gasteiger partial charge in [0, 0.05) is 42.5 Å². The summed E-state index contributed by atoms with van der Waals surface area (Å²) in [5.41, 5.74) is 2.30. The summed E-state index contributed by atoms with van der Waals surface area (Å²) in [6, 6.07) is 6.94. The van der Waals surface area contributed by atoms with E-state index < -0.39 is 0 Å². The maximum Gasteiger partial charge on any atom is 0.0642 e. The van der Waals surface area contributed by atoms with Crippen LogP contribution in [0.25, 0.3) is 0 Å². The molecular weight excluding hydrogens is 312 g/mol. The molecule has 1 aliphatic heterocycles. The first-order valence-corrected chi connectivity index (χ1v) is 9.06. The summed E-state index contributed by atoms with van der Waals surface area (Å²) in [6.07, 6.45) is 3.36. The Balaban J connectivity index is 1.66. The molecule has 1 aromatic rings. The lowest BCUT2D eigenvalue weighted by molar-refractivity contribution is 0.122. The Hall–Kier alpha value is -0.810. The highest BCUT2D eigenvalue weighted by Crippen LogP contribution is 2.36. The summed E-state index contributed by atoms with van der Waals surface area (Å²) in [7, 11) is 0. The second kappa shape index (κ2) is 7.84. The summed E-state index contributed by atoms with van der Waals surface area (Å²) in [5, 5.41) is 13.7. The Labute approximate surface area is 143 Å². The van der Waals surface area contributed by atoms with Crippen molar-refractivity contribution in [1.82, 2.24) is 5.32 Å². The molecule has 1 saturated heterocycles. The average Bonchev–Trinajstić information content (AvgIpc) is 3.40. The lowest BCUT2D eigenvalue weighted by atomic mass is 10.0. The molecule has 23 heavy (non-hydrogen) atoms. The fourth-order valence-electron chi connectivity index (χ4n) is 3.39. The lowest BCUT2D eigenvalue weighted by Crippen LogP contribution is -2.36. The molecule has 1 saturated carbocycles. The van der Waals surface area contributed by atoms with Gasteiger partial charge in [0.2, 0.25) is 0 Å². The average molecular weight is 339 g/mol. The van der Waals surface area contributed by atoms with Crippen LogP contribution >= 0.6 is 11.6 Å². The number of halogens is 1. The van der Waals surface area contributed by atoms with Gasteiger partial charge in [0.1, 0.15) is 0 Å². The van der Waals surface area contributed by atoms with Crippen LogP contribution in [0, 0.1) is 5.92 Å². The fourth-order valence-corrected chi connectivity index (χ4v) is 3.73. The van der Waals surface area contributed by atoms with E-state index in [0.717, 1.165) is 49.2 Å². The minimum atomic E-state index is 0.193. The van der Waals surface area contributed by atoms with Crippen LogP contribution in [-0.4, -0.2) is 44.1 Å². The first kappa shape index (κ1) is 17.0. The van der Waals surface area contributed by atoms with Crippen LogP contribution in [-0.2, 0) is 4.74 Å². The second-order valence-corrected chi connectivity index (χ2v) is 7.06. The van der Waals surface area contributed by atoms with Crippen LogP contribution < -0.4 is 10.2 Å². The number of nitrogens with zero attached hydrogens (tertiary/aromatic N) is 1. The van der Waals surface area contributed by atoms with Crippen LogP contribution in [0.2, 0.25) is 5.02 Å². The second-order valence-electron chi connectivity index (χ2n) is 6.65. The van der Waals surface area contributed by atoms with E-state index in [9.17, 15) is 5.11 Å². The summed E-state index contributed by atoms with van der Waals surface area (Å²) >= 11 is 6.55. The van der Waals surface area contributed by atoms with E-state index >= 15 is 0 Å². The molecule has 2 N–H and O–H groups in total. The van der Waals surface area contributed by atoms with Gasteiger partial charge in [0.05, 0.1) is 13.2 Å². The first-order valence-electron chi connectivity index (χ1n) is 8.68. The molecule has 0 bridgehead atoms. The normalized spacial score (nSPS) is 21.3. The Bertz CT molecular complexity index is 516. The molecule has 1 aliphatic carbocycles. The molecule has 1 aromatic carbocycles. The third kappa shape index (κ3) is 4.38. The van der Waals surface area contributed by atoms with Crippen molar-refractivity contribution in [3.05, 3.63) is 28.8 Å². The number of anilines is 1. The smallest absolute Gasteiger partial charge is 0.0642 e. The summed E-state index contributed by atoms with van der Waals surface area (Å²) in [5.74, 6) is 0.719. The van der Waals surface area contributed by atoms with Gasteiger partial charge in [-0.25, -0.2) is 0 Å². The fraction of sp³-hybridized carbons (Fsp3) is 0.667. The molecule has 5 heteroatoms. The van der Waals surface area contributed by atoms with E-state index in [2.05, 4.69) is 35.3 Å². The number of nitrogens with one attached hydrogen (secondary N) is 1. The number of morpholine rings is 1. The van der Waals surface area contributed by atoms with Gasteiger partial charge in [0.15, 0.2) is 0 Å². The van der Waals surface area contributed by atoms with Crippen molar-refractivity contribution in [2.75, 3.05) is 37.8 Å². The number of hydrogen-bond donors (Lipinski definition) is 2. The van der Waals surface area contributed by atoms with E-state index in [1.807, 2.05) is 0 Å². The molecule has 1 heterocycles. The predicted molar refractivity (Wildman–Crippen MR) is 94.2 cm³/mol. The SMILES string of the molecule is CC(NC(CCO)C1CC1)c1ccc(N2CCOCC2)cc1Cl. The highest BCUT2D eigenvalue weighted by molar-refractivity contribution is 6.31. The summed E-state index contributed by atoms with van der Waals surface area (Å²) in [6.45, 7) is 5.80. The van der Waals surface area contributed by atoms with Gasteiger partial charge < -0.3 is 20.1 Å². The van der Waals surface area contributed by atoms with Crippen molar-refractivity contribution in [2.45, 2.75) is 38.3 Å². The number of ether oxygens (including phenoxy) is 1. The topological polar surface area (TPSA) is 44.7 Å². The van der Waals surface area contributed by atoms with E-state index in [4.69, 9.17) is 16.3 Å². The van der Waals surface area contributed by atoms with Crippen molar-refractivity contribution >= 4 is 17.3 Å². The maximum atomic E-state index is 9.25. The molecule has 0 spiro atoms. The molecule has 0 radical (unpaired) electrons. The number of hydrogen-bond acceptors (Lipinski definition) is 4. The third-order valence-electron chi connectivity index (χ3n) is 4.92. The van der Waals surface area contributed by atoms with Gasteiger partial charge in [0.25, 0.3) is 0 Å². The Morgan fingerprint density at radius 3 is 2.70 bits per heavy atom. The van der Waals surface area contributed by atoms with Gasteiger partial charge in [-0.2, -0.15) is 0 Å². The van der Waals surface area contributed by atoms with E-state index in [0.29, 0.717) is 6.04 Å². The van der Waals surface area contributed by atoms with Crippen molar-refractivity contribution in [3.63, 3.8) is 0 Å². The van der Waals surface area contributed by atoms with Crippen molar-refractivity contribution < 1.29 is 9.84 Å². The molecule has 2 unspecified atom stereocenters. The highest BCUT2D eigenvalue weighted by Gasteiger charge is 2.31. The van der Waals surface area contributed by atoms with Gasteiger partial charge in [-0.1, -0.05) is 17.7 Å². The summed E-state index contributed by atoms with van der Waals surface area (Å²) < 4.78 is 5.40. The Morgan fingerprint density at radius 2 is 2.09 bits per heavy atom. The zero-order valence-electron chi connectivity index (χ0n) is 13.8. The summed E-state index contributed by atoms with van der Waals surface area (Å²) in [4.78, 5) is 2.32. The van der Waals surface area contributed by atoms with Gasteiger partial charge in [-0.15, -0.1) is 0 Å². The largest absolute Gasteiger partial charge is 0.396 e. The molecule has 128 valence electrons. The first-order chi connectivity index (χ1) is 11.2. The molecule has 2 fully saturated rings. The number of aliphatic hydroxyl groups is 1. The van der Waals surface area contributed by atoms with Crippen LogP contribution in [0.1, 0.15) is 37.8 Å². The number of aliphatic hydroxyl groups excluding tert-OH is 1. The minimum Gasteiger partial charge on any atom is -0.396 e. The quantitative estimate of drug-likeness (QED) is 0.802. The van der Waals surface area contributed by atoms with Crippen LogP contribution in [0.15, 0.2) is 18.2 Å². The number of rotatable bonds is 7. The molecule has 0 amide bonds. The lowest BCUT2D eigenvalue weighted by Gasteiger charge is -2.30. The van der Waals surface area contributed by atoms with Crippen LogP contribution in [0.5, 0.6) is 0 Å². The monoisotopic (exact) mass is 338 g/mol. The van der Waals surface area contributed by atoms with Crippen LogP contribution in [0.4, 0.5) is 5.69 Å². The van der Waals surface area contributed by atoms with Gasteiger partial charge >= 0.3 is 0 Å². The minimum absolute atomic E-state index is 0.193. The zero-order valence-corrected chi connectivity index (χ0v) is 14.6. The van der Waals surface area contributed by atoms with Gasteiger partial charge in [-0.3, -0.25) is 0 Å². The Kier molecular flexibility index (Phi) is 5.81. The van der Waals surface area contributed by atoms with E-state index in [1.165, 1.54) is 18.5 Å². The van der Waals surface area contributed by atoms with E-state index in [-0.39, 0.29) is 12.6 Å². The number of benzene rings is 1. The molecule has 4 nitrogen and oxygen atoms in total. The Morgan fingerprint density at radius 1 is 1.35 bits per heavy atom. The molecule has 3 rings (SSSR count). The van der Waals surface area contributed by atoms with Gasteiger partial charge in [-0.05, 0) is 49.8 Å². The molecule has 2 aliphatic rings. The maximum absolute atomic E-state index is 9.25. The van der Waals surface area contributed by atoms with Crippen molar-refractivity contribution in [1.29, 1.82) is 0 Å². The van der Waals surface area contributed by atoms with E-state index in [1.54, 1.807) is 0 Å². The van der Waals surface area contributed by atoms with Crippen LogP contribution in [0.3, 0.4) is 0 Å². The molecule has 2 atom stereocenters. The molecular formula is C18H27ClN2O2. The third-order valence-corrected chi connectivity index (χ3v) is 5.25. The molecule has 0 aromatic heterocycles. The van der Waals surface area contributed by atoms with Crippen molar-refractivity contribution in [3.8, 4) is 0 Å². The predicted octanol–water partition coefficient (Wildman–Crippen LogP) is 2.99. The van der Waals surface area contributed by atoms with Crippen molar-refractivity contribution in [2.24, 2.45) is 5.92 Å². The zero-order chi connectivity index (χ0) is 16.2. The standard InChI is InChI=1S/C18H27ClN2O2/c1-13(20-18(6-9-22)14-2-3-14)16-5-4-15(12-17(16)19)21-7-10-23-11-8-21/h4-5,12-14,18,20,22H,2-3,6-11H2,1H3.